The van der Waals surface area contributed by atoms with Crippen molar-refractivity contribution < 1.29 is 9.53 Å². The first-order valence-corrected chi connectivity index (χ1v) is 8.56. The zero-order valence-corrected chi connectivity index (χ0v) is 14.7. The Bertz CT molecular complexity index is 853. The van der Waals surface area contributed by atoms with E-state index in [9.17, 15) is 4.79 Å². The van der Waals surface area contributed by atoms with E-state index in [1.165, 1.54) is 11.1 Å². The summed E-state index contributed by atoms with van der Waals surface area (Å²) in [6, 6.07) is 11.8. The van der Waals surface area contributed by atoms with Crippen LogP contribution in [0.4, 0.5) is 0 Å². The third-order valence-corrected chi connectivity index (χ3v) is 4.05. The van der Waals surface area contributed by atoms with Crippen LogP contribution in [0.3, 0.4) is 0 Å². The molecule has 3 rings (SSSR count). The molecular formula is C20H23N3O2. The van der Waals surface area contributed by atoms with Crippen LogP contribution in [0.5, 0.6) is 5.75 Å². The lowest BCUT2D eigenvalue weighted by atomic mass is 10.2. The van der Waals surface area contributed by atoms with E-state index < -0.39 is 0 Å². The van der Waals surface area contributed by atoms with Crippen LogP contribution in [-0.2, 0) is 17.6 Å². The van der Waals surface area contributed by atoms with Crippen LogP contribution in [0.1, 0.15) is 23.7 Å². The molecule has 5 nitrogen and oxygen atoms in total. The molecule has 25 heavy (non-hydrogen) atoms. The molecule has 0 saturated heterocycles. The molecule has 0 atom stereocenters. The normalized spacial score (nSPS) is 10.8. The Morgan fingerprint density at radius 1 is 1.16 bits per heavy atom. The molecule has 5 heteroatoms. The van der Waals surface area contributed by atoms with Gasteiger partial charge in [-0.2, -0.15) is 0 Å². The van der Waals surface area contributed by atoms with Crippen molar-refractivity contribution in [1.29, 1.82) is 0 Å². The molecule has 1 amide bonds. The predicted octanol–water partition coefficient (Wildman–Crippen LogP) is 2.94. The molecule has 1 aromatic carbocycles. The molecule has 0 bridgehead atoms. The minimum absolute atomic E-state index is 0.0236. The Balaban J connectivity index is 1.43. The Morgan fingerprint density at radius 3 is 2.72 bits per heavy atom. The van der Waals surface area contributed by atoms with Gasteiger partial charge in [-0.25, -0.2) is 4.98 Å². The maximum Gasteiger partial charge on any atom is 0.257 e. The number of carbonyl (C=O) groups excluding carboxylic acids is 1. The molecule has 0 saturated carbocycles. The third kappa shape index (κ3) is 4.59. The Morgan fingerprint density at radius 2 is 1.96 bits per heavy atom. The zero-order valence-electron chi connectivity index (χ0n) is 14.7. The molecule has 3 aromatic rings. The highest BCUT2D eigenvalue weighted by atomic mass is 16.5. The van der Waals surface area contributed by atoms with Gasteiger partial charge < -0.3 is 14.5 Å². The second kappa shape index (κ2) is 7.83. The van der Waals surface area contributed by atoms with E-state index >= 15 is 0 Å². The average Bonchev–Trinajstić information content (AvgIpc) is 3.02. The summed E-state index contributed by atoms with van der Waals surface area (Å²) in [4.78, 5) is 16.4. The first-order valence-electron chi connectivity index (χ1n) is 8.56. The number of hydrogen-bond donors (Lipinski definition) is 1. The number of aryl methyl sites for hydroxylation is 2. The van der Waals surface area contributed by atoms with Crippen molar-refractivity contribution in [2.75, 3.05) is 13.2 Å². The lowest BCUT2D eigenvalue weighted by Gasteiger charge is -2.07. The number of fused-ring (bicyclic) bond motifs is 1. The molecular weight excluding hydrogens is 314 g/mol. The zero-order chi connectivity index (χ0) is 17.6. The maximum absolute atomic E-state index is 11.9. The topological polar surface area (TPSA) is 55.6 Å². The number of pyridine rings is 1. The minimum Gasteiger partial charge on any atom is -0.484 e. The van der Waals surface area contributed by atoms with Crippen LogP contribution in [0, 0.1) is 6.92 Å². The summed E-state index contributed by atoms with van der Waals surface area (Å²) in [5.74, 6) is 0.585. The highest BCUT2D eigenvalue weighted by Gasteiger charge is 2.05. The van der Waals surface area contributed by atoms with Gasteiger partial charge in [-0.15, -0.1) is 0 Å². The highest BCUT2D eigenvalue weighted by molar-refractivity contribution is 5.77. The van der Waals surface area contributed by atoms with Gasteiger partial charge in [-0.05, 0) is 42.7 Å². The van der Waals surface area contributed by atoms with Crippen LogP contribution < -0.4 is 10.1 Å². The number of imidazole rings is 1. The number of aromatic nitrogens is 2. The molecule has 0 unspecified atom stereocenters. The highest BCUT2D eigenvalue weighted by Crippen LogP contribution is 2.12. The molecule has 0 radical (unpaired) electrons. The number of carbonyl (C=O) groups is 1. The summed E-state index contributed by atoms with van der Waals surface area (Å²) in [6.07, 6.45) is 5.73. The van der Waals surface area contributed by atoms with Crippen molar-refractivity contribution >= 4 is 11.6 Å². The molecule has 0 spiro atoms. The van der Waals surface area contributed by atoms with Gasteiger partial charge in [-0.3, -0.25) is 4.79 Å². The van der Waals surface area contributed by atoms with Gasteiger partial charge in [-0.1, -0.05) is 25.1 Å². The maximum atomic E-state index is 11.9. The Hall–Kier alpha value is -2.82. The number of nitrogens with zero attached hydrogens (tertiary/aromatic N) is 2. The molecule has 0 aliphatic heterocycles. The summed E-state index contributed by atoms with van der Waals surface area (Å²) in [6.45, 7) is 4.72. The van der Waals surface area contributed by atoms with Crippen molar-refractivity contribution in [3.8, 4) is 5.75 Å². The van der Waals surface area contributed by atoms with E-state index in [-0.39, 0.29) is 12.5 Å². The number of amides is 1. The number of hydrogen-bond acceptors (Lipinski definition) is 3. The fourth-order valence-electron chi connectivity index (χ4n) is 2.63. The van der Waals surface area contributed by atoms with Crippen molar-refractivity contribution in [2.45, 2.75) is 26.7 Å². The fraction of sp³-hybridized carbons (Fsp3) is 0.300. The van der Waals surface area contributed by atoms with Crippen LogP contribution in [-0.4, -0.2) is 28.4 Å². The van der Waals surface area contributed by atoms with Crippen LogP contribution >= 0.6 is 0 Å². The van der Waals surface area contributed by atoms with Gasteiger partial charge in [0.05, 0.1) is 5.69 Å². The smallest absolute Gasteiger partial charge is 0.257 e. The second-order valence-corrected chi connectivity index (χ2v) is 6.09. The van der Waals surface area contributed by atoms with E-state index in [4.69, 9.17) is 4.74 Å². The summed E-state index contributed by atoms with van der Waals surface area (Å²) in [5, 5.41) is 2.87. The number of benzene rings is 1. The molecule has 2 heterocycles. The first kappa shape index (κ1) is 17.0. The van der Waals surface area contributed by atoms with Gasteiger partial charge in [0.2, 0.25) is 0 Å². The van der Waals surface area contributed by atoms with Gasteiger partial charge in [0.25, 0.3) is 5.91 Å². The van der Waals surface area contributed by atoms with Gasteiger partial charge >= 0.3 is 0 Å². The molecule has 0 aliphatic carbocycles. The van der Waals surface area contributed by atoms with Gasteiger partial charge in [0.15, 0.2) is 6.61 Å². The standard InChI is InChI=1S/C20H23N3O2/c1-3-16-5-7-18(8-6-16)25-14-20(24)21-11-10-17-13-23-12-15(2)4-9-19(23)22-17/h4-9,12-13H,3,10-11,14H2,1-2H3,(H,21,24). The second-order valence-electron chi connectivity index (χ2n) is 6.09. The molecule has 130 valence electrons. The molecule has 0 fully saturated rings. The monoisotopic (exact) mass is 337 g/mol. The SMILES string of the molecule is CCc1ccc(OCC(=O)NCCc2cn3cc(C)ccc3n2)cc1. The van der Waals surface area contributed by atoms with Crippen molar-refractivity contribution in [2.24, 2.45) is 0 Å². The fourth-order valence-corrected chi connectivity index (χ4v) is 2.63. The number of ether oxygens (including phenoxy) is 1. The quantitative estimate of drug-likeness (QED) is 0.721. The predicted molar refractivity (Wildman–Crippen MR) is 98.0 cm³/mol. The van der Waals surface area contributed by atoms with Crippen LogP contribution in [0.15, 0.2) is 48.8 Å². The van der Waals surface area contributed by atoms with Gasteiger partial charge in [0, 0.05) is 25.4 Å². The molecule has 2 aromatic heterocycles. The average molecular weight is 337 g/mol. The van der Waals surface area contributed by atoms with E-state index in [2.05, 4.69) is 24.1 Å². The molecule has 0 aliphatic rings. The van der Waals surface area contributed by atoms with E-state index in [1.54, 1.807) is 0 Å². The summed E-state index contributed by atoms with van der Waals surface area (Å²) >= 11 is 0. The van der Waals surface area contributed by atoms with E-state index in [0.717, 1.165) is 17.8 Å². The summed E-state index contributed by atoms with van der Waals surface area (Å²) in [7, 11) is 0. The Labute approximate surface area is 147 Å². The van der Waals surface area contributed by atoms with Crippen molar-refractivity contribution in [3.63, 3.8) is 0 Å². The largest absolute Gasteiger partial charge is 0.484 e. The molecule has 1 N–H and O–H groups in total. The number of rotatable bonds is 7. The first-order chi connectivity index (χ1) is 12.1. The third-order valence-electron chi connectivity index (χ3n) is 4.05. The summed E-state index contributed by atoms with van der Waals surface area (Å²) in [5.41, 5.74) is 4.32. The van der Waals surface area contributed by atoms with Crippen LogP contribution in [0.2, 0.25) is 0 Å². The van der Waals surface area contributed by atoms with Crippen LogP contribution in [0.25, 0.3) is 5.65 Å². The lowest BCUT2D eigenvalue weighted by molar-refractivity contribution is -0.123. The Kier molecular flexibility index (Phi) is 5.33. The van der Waals surface area contributed by atoms with Crippen molar-refractivity contribution in [1.82, 2.24) is 14.7 Å². The summed E-state index contributed by atoms with van der Waals surface area (Å²) < 4.78 is 7.51. The van der Waals surface area contributed by atoms with E-state index in [1.807, 2.05) is 53.2 Å². The van der Waals surface area contributed by atoms with Crippen molar-refractivity contribution in [3.05, 3.63) is 65.6 Å². The number of nitrogens with one attached hydrogen (secondary N) is 1. The lowest BCUT2D eigenvalue weighted by Crippen LogP contribution is -2.30. The minimum atomic E-state index is -0.126. The van der Waals surface area contributed by atoms with Gasteiger partial charge in [0.1, 0.15) is 11.4 Å². The van der Waals surface area contributed by atoms with E-state index in [0.29, 0.717) is 18.7 Å².